The van der Waals surface area contributed by atoms with Crippen molar-refractivity contribution in [2.45, 2.75) is 19.8 Å². The molecular weight excluding hydrogens is 366 g/mol. The van der Waals surface area contributed by atoms with Crippen LogP contribution >= 0.6 is 0 Å². The summed E-state index contributed by atoms with van der Waals surface area (Å²) in [6.45, 7) is 4.31. The minimum Gasteiger partial charge on any atom is -0.497 e. The molecule has 0 bridgehead atoms. The molecule has 1 amide bonds. The molecule has 0 saturated carbocycles. The Morgan fingerprint density at radius 3 is 2.38 bits per heavy atom. The number of rotatable bonds is 7. The lowest BCUT2D eigenvalue weighted by molar-refractivity contribution is 0.102. The maximum Gasteiger partial charge on any atom is 0.255 e. The summed E-state index contributed by atoms with van der Waals surface area (Å²) in [7, 11) is 3.12. The summed E-state index contributed by atoms with van der Waals surface area (Å²) in [6, 6.07) is 16.8. The molecule has 1 aromatic heterocycles. The van der Waals surface area contributed by atoms with Crippen molar-refractivity contribution < 1.29 is 14.3 Å². The normalized spacial score (nSPS) is 10.5. The molecule has 29 heavy (non-hydrogen) atoms. The van der Waals surface area contributed by atoms with E-state index in [9.17, 15) is 4.79 Å². The Morgan fingerprint density at radius 1 is 0.966 bits per heavy atom. The molecule has 3 aromatic rings. The highest BCUT2D eigenvalue weighted by Crippen LogP contribution is 2.29. The van der Waals surface area contributed by atoms with Gasteiger partial charge in [-0.1, -0.05) is 26.0 Å². The largest absolute Gasteiger partial charge is 0.497 e. The SMILES string of the molecule is COc1ccc(OC)c(NC(=O)c2ccnc(Nc3ccc(C(C)C)cc3)c2)c1. The summed E-state index contributed by atoms with van der Waals surface area (Å²) in [5, 5.41) is 6.10. The third-order valence-corrected chi connectivity index (χ3v) is 4.53. The number of carbonyl (C=O) groups excluding carboxylic acids is 1. The van der Waals surface area contributed by atoms with Crippen LogP contribution in [0.5, 0.6) is 11.5 Å². The van der Waals surface area contributed by atoms with Crippen LogP contribution in [-0.4, -0.2) is 25.1 Å². The van der Waals surface area contributed by atoms with Gasteiger partial charge in [0.25, 0.3) is 5.91 Å². The molecule has 0 saturated heterocycles. The number of aromatic nitrogens is 1. The first kappa shape index (κ1) is 20.2. The van der Waals surface area contributed by atoms with Crippen LogP contribution in [0.1, 0.15) is 35.7 Å². The zero-order chi connectivity index (χ0) is 20.8. The summed E-state index contributed by atoms with van der Waals surface area (Å²) in [5.41, 5.74) is 3.19. The summed E-state index contributed by atoms with van der Waals surface area (Å²) < 4.78 is 10.5. The Labute approximate surface area is 170 Å². The van der Waals surface area contributed by atoms with E-state index in [0.29, 0.717) is 34.5 Å². The number of pyridine rings is 1. The zero-order valence-corrected chi connectivity index (χ0v) is 17.0. The maximum atomic E-state index is 12.7. The number of benzene rings is 2. The summed E-state index contributed by atoms with van der Waals surface area (Å²) in [4.78, 5) is 17.1. The van der Waals surface area contributed by atoms with E-state index in [1.54, 1.807) is 50.7 Å². The minimum atomic E-state index is -0.267. The van der Waals surface area contributed by atoms with E-state index in [1.807, 2.05) is 12.1 Å². The third-order valence-electron chi connectivity index (χ3n) is 4.53. The molecule has 0 aliphatic rings. The van der Waals surface area contributed by atoms with E-state index < -0.39 is 0 Å². The minimum absolute atomic E-state index is 0.267. The molecule has 0 atom stereocenters. The van der Waals surface area contributed by atoms with Crippen molar-refractivity contribution in [2.75, 3.05) is 24.9 Å². The van der Waals surface area contributed by atoms with Crippen molar-refractivity contribution in [1.82, 2.24) is 4.98 Å². The van der Waals surface area contributed by atoms with Gasteiger partial charge in [-0.3, -0.25) is 4.79 Å². The van der Waals surface area contributed by atoms with E-state index >= 15 is 0 Å². The number of amides is 1. The lowest BCUT2D eigenvalue weighted by atomic mass is 10.0. The summed E-state index contributed by atoms with van der Waals surface area (Å²) >= 11 is 0. The predicted octanol–water partition coefficient (Wildman–Crippen LogP) is 5.22. The maximum absolute atomic E-state index is 12.7. The first-order chi connectivity index (χ1) is 14.0. The predicted molar refractivity (Wildman–Crippen MR) is 116 cm³/mol. The molecule has 0 fully saturated rings. The van der Waals surface area contributed by atoms with Crippen LogP contribution in [0, 0.1) is 0 Å². The molecule has 150 valence electrons. The highest BCUT2D eigenvalue weighted by Gasteiger charge is 2.12. The second-order valence-electron chi connectivity index (χ2n) is 6.85. The lowest BCUT2D eigenvalue weighted by Crippen LogP contribution is -2.13. The molecule has 0 spiro atoms. The van der Waals surface area contributed by atoms with E-state index in [4.69, 9.17) is 9.47 Å². The topological polar surface area (TPSA) is 72.5 Å². The number of nitrogens with zero attached hydrogens (tertiary/aromatic N) is 1. The molecule has 2 N–H and O–H groups in total. The average molecular weight is 391 g/mol. The fraction of sp³-hybridized carbons (Fsp3) is 0.217. The average Bonchev–Trinajstić information content (AvgIpc) is 2.74. The molecule has 0 aliphatic carbocycles. The number of anilines is 3. The molecule has 0 aliphatic heterocycles. The quantitative estimate of drug-likeness (QED) is 0.578. The molecule has 3 rings (SSSR count). The van der Waals surface area contributed by atoms with E-state index in [1.165, 1.54) is 5.56 Å². The van der Waals surface area contributed by atoms with E-state index in [0.717, 1.165) is 5.69 Å². The number of carbonyl (C=O) groups is 1. The van der Waals surface area contributed by atoms with E-state index in [-0.39, 0.29) is 5.91 Å². The van der Waals surface area contributed by atoms with Gasteiger partial charge in [0.1, 0.15) is 17.3 Å². The van der Waals surface area contributed by atoms with Gasteiger partial charge >= 0.3 is 0 Å². The number of hydrogen-bond acceptors (Lipinski definition) is 5. The summed E-state index contributed by atoms with van der Waals surface area (Å²) in [5.74, 6) is 1.98. The van der Waals surface area contributed by atoms with Crippen molar-refractivity contribution in [1.29, 1.82) is 0 Å². The second-order valence-corrected chi connectivity index (χ2v) is 6.85. The Kier molecular flexibility index (Phi) is 6.34. The first-order valence-corrected chi connectivity index (χ1v) is 9.36. The monoisotopic (exact) mass is 391 g/mol. The second kappa shape index (κ2) is 9.10. The lowest BCUT2D eigenvalue weighted by Gasteiger charge is -2.12. The molecule has 2 aromatic carbocycles. The highest BCUT2D eigenvalue weighted by molar-refractivity contribution is 6.05. The van der Waals surface area contributed by atoms with Gasteiger partial charge in [-0.25, -0.2) is 4.98 Å². The smallest absolute Gasteiger partial charge is 0.255 e. The Morgan fingerprint density at radius 2 is 1.72 bits per heavy atom. The van der Waals surface area contributed by atoms with Crippen LogP contribution in [0.4, 0.5) is 17.2 Å². The van der Waals surface area contributed by atoms with Crippen LogP contribution in [0.15, 0.2) is 60.8 Å². The van der Waals surface area contributed by atoms with Gasteiger partial charge in [0.2, 0.25) is 0 Å². The first-order valence-electron chi connectivity index (χ1n) is 9.36. The van der Waals surface area contributed by atoms with Crippen LogP contribution in [0.25, 0.3) is 0 Å². The molecule has 1 heterocycles. The van der Waals surface area contributed by atoms with Crippen molar-refractivity contribution >= 4 is 23.1 Å². The molecule has 0 radical (unpaired) electrons. The molecule has 6 heteroatoms. The van der Waals surface area contributed by atoms with Gasteiger partial charge in [-0.15, -0.1) is 0 Å². The number of methoxy groups -OCH3 is 2. The van der Waals surface area contributed by atoms with Crippen molar-refractivity contribution in [2.24, 2.45) is 0 Å². The Hall–Kier alpha value is -3.54. The van der Waals surface area contributed by atoms with Gasteiger partial charge in [0, 0.05) is 23.5 Å². The fourth-order valence-electron chi connectivity index (χ4n) is 2.85. The van der Waals surface area contributed by atoms with Crippen molar-refractivity contribution in [3.63, 3.8) is 0 Å². The van der Waals surface area contributed by atoms with Gasteiger partial charge < -0.3 is 20.1 Å². The third kappa shape index (κ3) is 5.04. The van der Waals surface area contributed by atoms with Crippen LogP contribution in [0.3, 0.4) is 0 Å². The zero-order valence-electron chi connectivity index (χ0n) is 17.0. The fourth-order valence-corrected chi connectivity index (χ4v) is 2.85. The van der Waals surface area contributed by atoms with Crippen LogP contribution in [-0.2, 0) is 0 Å². The van der Waals surface area contributed by atoms with Gasteiger partial charge in [0.05, 0.1) is 19.9 Å². The molecular formula is C23H25N3O3. The molecule has 0 unspecified atom stereocenters. The van der Waals surface area contributed by atoms with E-state index in [2.05, 4.69) is 41.6 Å². The Balaban J connectivity index is 1.76. The standard InChI is InChI=1S/C23H25N3O3/c1-15(2)16-5-7-18(8-6-16)25-22-13-17(11-12-24-22)23(27)26-20-14-19(28-3)9-10-21(20)29-4/h5-15H,1-4H3,(H,24,25)(H,26,27). The molecule has 6 nitrogen and oxygen atoms in total. The van der Waals surface area contributed by atoms with Crippen molar-refractivity contribution in [3.8, 4) is 11.5 Å². The Bertz CT molecular complexity index is 985. The van der Waals surface area contributed by atoms with Gasteiger partial charge in [-0.05, 0) is 47.9 Å². The van der Waals surface area contributed by atoms with Gasteiger partial charge in [-0.2, -0.15) is 0 Å². The number of ether oxygens (including phenoxy) is 2. The summed E-state index contributed by atoms with van der Waals surface area (Å²) in [6.07, 6.45) is 1.60. The number of hydrogen-bond donors (Lipinski definition) is 2. The van der Waals surface area contributed by atoms with Gasteiger partial charge in [0.15, 0.2) is 0 Å². The van der Waals surface area contributed by atoms with Crippen molar-refractivity contribution in [3.05, 3.63) is 71.9 Å². The van der Waals surface area contributed by atoms with Crippen LogP contribution < -0.4 is 20.1 Å². The number of nitrogens with one attached hydrogen (secondary N) is 2. The highest BCUT2D eigenvalue weighted by atomic mass is 16.5. The van der Waals surface area contributed by atoms with Crippen LogP contribution in [0.2, 0.25) is 0 Å².